The maximum atomic E-state index is 13.3. The molecule has 0 saturated carbocycles. The monoisotopic (exact) mass is 478 g/mol. The summed E-state index contributed by atoms with van der Waals surface area (Å²) in [7, 11) is -3.78. The number of rotatable bonds is 10. The van der Waals surface area contributed by atoms with Gasteiger partial charge in [0.15, 0.2) is 0 Å². The number of phenolic OH excluding ortho intramolecular Hbond substituents is 1. The van der Waals surface area contributed by atoms with Gasteiger partial charge < -0.3 is 9.84 Å². The summed E-state index contributed by atoms with van der Waals surface area (Å²) in [6, 6.07) is 23.0. The predicted octanol–water partition coefficient (Wildman–Crippen LogP) is 4.87. The Hall–Kier alpha value is -3.29. The van der Waals surface area contributed by atoms with Gasteiger partial charge in [0.1, 0.15) is 18.1 Å². The molecular weight excluding hydrogens is 448 g/mol. The largest absolute Gasteiger partial charge is 0.508 e. The van der Waals surface area contributed by atoms with E-state index in [2.05, 4.69) is 4.90 Å². The average Bonchev–Trinajstić information content (AvgIpc) is 3.37. The summed E-state index contributed by atoms with van der Waals surface area (Å²) in [5, 5.41) is 10.8. The molecular formula is C27H30N2O4S. The van der Waals surface area contributed by atoms with Gasteiger partial charge in [-0.3, -0.25) is 9.21 Å². The van der Waals surface area contributed by atoms with Crippen molar-refractivity contribution in [1.82, 2.24) is 4.90 Å². The molecule has 0 radical (unpaired) electrons. The molecule has 1 aliphatic heterocycles. The molecule has 0 amide bonds. The van der Waals surface area contributed by atoms with Crippen molar-refractivity contribution >= 4 is 21.8 Å². The minimum absolute atomic E-state index is 0.136. The zero-order valence-corrected chi connectivity index (χ0v) is 19.9. The molecule has 0 spiro atoms. The van der Waals surface area contributed by atoms with Gasteiger partial charge in [0.05, 0.1) is 17.6 Å². The van der Waals surface area contributed by atoms with Crippen LogP contribution < -0.4 is 9.04 Å². The van der Waals surface area contributed by atoms with E-state index in [0.717, 1.165) is 30.8 Å². The Morgan fingerprint density at radius 3 is 2.26 bits per heavy atom. The molecule has 1 aliphatic rings. The average molecular weight is 479 g/mol. The molecule has 3 aromatic rings. The Morgan fingerprint density at radius 1 is 0.912 bits per heavy atom. The van der Waals surface area contributed by atoms with E-state index < -0.39 is 10.0 Å². The zero-order chi connectivity index (χ0) is 23.8. The molecule has 0 unspecified atom stereocenters. The summed E-state index contributed by atoms with van der Waals surface area (Å²) in [6.45, 7) is 3.89. The van der Waals surface area contributed by atoms with Crippen LogP contribution in [0.3, 0.4) is 0 Å². The highest BCUT2D eigenvalue weighted by atomic mass is 32.2. The van der Waals surface area contributed by atoms with Crippen LogP contribution in [-0.2, 0) is 16.6 Å². The quantitative estimate of drug-likeness (QED) is 0.450. The molecule has 1 fully saturated rings. The molecule has 1 heterocycles. The summed E-state index contributed by atoms with van der Waals surface area (Å²) >= 11 is 0. The molecule has 1 saturated heterocycles. The lowest BCUT2D eigenvalue weighted by atomic mass is 10.2. The summed E-state index contributed by atoms with van der Waals surface area (Å²) in [4.78, 5) is 2.39. The molecule has 1 N–H and O–H groups in total. The van der Waals surface area contributed by atoms with Crippen molar-refractivity contribution in [3.05, 3.63) is 95.4 Å². The van der Waals surface area contributed by atoms with E-state index >= 15 is 0 Å². The minimum Gasteiger partial charge on any atom is -0.508 e. The topological polar surface area (TPSA) is 70.1 Å². The van der Waals surface area contributed by atoms with Crippen LogP contribution in [0.5, 0.6) is 11.5 Å². The van der Waals surface area contributed by atoms with Crippen LogP contribution in [0.4, 0.5) is 5.69 Å². The van der Waals surface area contributed by atoms with Gasteiger partial charge in [0, 0.05) is 6.54 Å². The van der Waals surface area contributed by atoms with Crippen molar-refractivity contribution in [2.45, 2.75) is 19.4 Å². The molecule has 0 aliphatic carbocycles. The van der Waals surface area contributed by atoms with Crippen LogP contribution in [-0.4, -0.2) is 44.7 Å². The first-order chi connectivity index (χ1) is 16.5. The highest BCUT2D eigenvalue weighted by molar-refractivity contribution is 7.95. The number of sulfonamides is 1. The predicted molar refractivity (Wildman–Crippen MR) is 136 cm³/mol. The van der Waals surface area contributed by atoms with E-state index in [1.54, 1.807) is 54.6 Å². The fourth-order valence-corrected chi connectivity index (χ4v) is 5.13. The summed E-state index contributed by atoms with van der Waals surface area (Å²) in [5.74, 6) is 0.849. The van der Waals surface area contributed by atoms with Crippen LogP contribution in [0, 0.1) is 0 Å². The SMILES string of the molecule is O=S(=O)(C=Cc1ccccc1)N(Cc1ccc(O)cc1)c1ccc(OCCN2CCCC2)cc1. The lowest BCUT2D eigenvalue weighted by Crippen LogP contribution is -2.28. The van der Waals surface area contributed by atoms with Crippen molar-refractivity contribution in [2.75, 3.05) is 30.5 Å². The smallest absolute Gasteiger partial charge is 0.257 e. The van der Waals surface area contributed by atoms with Gasteiger partial charge in [-0.2, -0.15) is 0 Å². The zero-order valence-electron chi connectivity index (χ0n) is 19.1. The van der Waals surface area contributed by atoms with Crippen LogP contribution in [0.1, 0.15) is 24.0 Å². The van der Waals surface area contributed by atoms with Crippen LogP contribution in [0.25, 0.3) is 6.08 Å². The number of nitrogens with zero attached hydrogens (tertiary/aromatic N) is 2. The number of phenols is 1. The Balaban J connectivity index is 1.52. The first-order valence-electron chi connectivity index (χ1n) is 11.5. The summed E-state index contributed by atoms with van der Waals surface area (Å²) in [5.41, 5.74) is 2.11. The second kappa shape index (κ2) is 11.2. The maximum Gasteiger partial charge on any atom is 0.257 e. The van der Waals surface area contributed by atoms with Crippen molar-refractivity contribution in [3.63, 3.8) is 0 Å². The molecule has 3 aromatic carbocycles. The summed E-state index contributed by atoms with van der Waals surface area (Å²) < 4.78 is 33.9. The Bertz CT molecular complexity index is 1170. The number of benzene rings is 3. The number of anilines is 1. The maximum absolute atomic E-state index is 13.3. The lowest BCUT2D eigenvalue weighted by Gasteiger charge is -2.23. The Labute approximate surface area is 201 Å². The van der Waals surface area contributed by atoms with Crippen LogP contribution in [0.15, 0.2) is 84.3 Å². The van der Waals surface area contributed by atoms with Crippen LogP contribution in [0.2, 0.25) is 0 Å². The van der Waals surface area contributed by atoms with E-state index in [1.165, 1.54) is 22.6 Å². The van der Waals surface area contributed by atoms with E-state index in [9.17, 15) is 13.5 Å². The highest BCUT2D eigenvalue weighted by Gasteiger charge is 2.21. The fraction of sp³-hybridized carbons (Fsp3) is 0.259. The van der Waals surface area contributed by atoms with Crippen molar-refractivity contribution in [3.8, 4) is 11.5 Å². The number of ether oxygens (including phenoxy) is 1. The standard InChI is InChI=1S/C27H30N2O4S/c30-26-12-8-24(9-13-26)22-29(34(31,32)21-16-23-6-2-1-3-7-23)25-10-14-27(15-11-25)33-20-19-28-17-4-5-18-28/h1-3,6-16,21,30H,4-5,17-20,22H2. The third kappa shape index (κ3) is 6.62. The Morgan fingerprint density at radius 2 is 1.59 bits per heavy atom. The fourth-order valence-electron chi connectivity index (χ4n) is 3.90. The number of likely N-dealkylation sites (tertiary alicyclic amines) is 1. The molecule has 0 bridgehead atoms. The number of hydrogen-bond donors (Lipinski definition) is 1. The molecule has 178 valence electrons. The van der Waals surface area contributed by atoms with E-state index in [1.807, 2.05) is 30.3 Å². The second-order valence-electron chi connectivity index (χ2n) is 8.32. The second-order valence-corrected chi connectivity index (χ2v) is 10.1. The van der Waals surface area contributed by atoms with Gasteiger partial charge in [0.2, 0.25) is 0 Å². The highest BCUT2D eigenvalue weighted by Crippen LogP contribution is 2.26. The molecule has 4 rings (SSSR count). The molecule has 34 heavy (non-hydrogen) atoms. The third-order valence-corrected chi connectivity index (χ3v) is 7.24. The van der Waals surface area contributed by atoms with Crippen molar-refractivity contribution < 1.29 is 18.3 Å². The first kappa shape index (κ1) is 23.9. The summed E-state index contributed by atoms with van der Waals surface area (Å²) in [6.07, 6.45) is 4.09. The minimum atomic E-state index is -3.78. The first-order valence-corrected chi connectivity index (χ1v) is 13.0. The van der Waals surface area contributed by atoms with Crippen molar-refractivity contribution in [1.29, 1.82) is 0 Å². The third-order valence-electron chi connectivity index (χ3n) is 5.80. The Kier molecular flexibility index (Phi) is 7.87. The van der Waals surface area contributed by atoms with Gasteiger partial charge >= 0.3 is 0 Å². The van der Waals surface area contributed by atoms with Gasteiger partial charge in [-0.1, -0.05) is 42.5 Å². The molecule has 6 nitrogen and oxygen atoms in total. The number of hydrogen-bond acceptors (Lipinski definition) is 5. The van der Waals surface area contributed by atoms with Gasteiger partial charge in [0.25, 0.3) is 10.0 Å². The van der Waals surface area contributed by atoms with Gasteiger partial charge in [-0.25, -0.2) is 8.42 Å². The van der Waals surface area contributed by atoms with Gasteiger partial charge in [-0.15, -0.1) is 0 Å². The van der Waals surface area contributed by atoms with Crippen molar-refractivity contribution in [2.24, 2.45) is 0 Å². The molecule has 0 atom stereocenters. The normalized spacial score (nSPS) is 14.5. The lowest BCUT2D eigenvalue weighted by molar-refractivity contribution is 0.238. The van der Waals surface area contributed by atoms with Gasteiger partial charge in [-0.05, 0) is 79.5 Å². The van der Waals surface area contributed by atoms with E-state index in [4.69, 9.17) is 4.74 Å². The van der Waals surface area contributed by atoms with E-state index in [-0.39, 0.29) is 12.3 Å². The van der Waals surface area contributed by atoms with E-state index in [0.29, 0.717) is 18.0 Å². The molecule has 0 aromatic heterocycles. The molecule has 7 heteroatoms. The number of aromatic hydroxyl groups is 1. The van der Waals surface area contributed by atoms with Crippen LogP contribution >= 0.6 is 0 Å².